The van der Waals surface area contributed by atoms with Gasteiger partial charge in [-0.25, -0.2) is 4.98 Å². The lowest BCUT2D eigenvalue weighted by Crippen LogP contribution is -2.01. The lowest BCUT2D eigenvalue weighted by atomic mass is 10.2. The number of aryl methyl sites for hydroxylation is 1. The average Bonchev–Trinajstić information content (AvgIpc) is 2.30. The van der Waals surface area contributed by atoms with E-state index < -0.39 is 0 Å². The van der Waals surface area contributed by atoms with Gasteiger partial charge in [-0.2, -0.15) is 0 Å². The van der Waals surface area contributed by atoms with Crippen molar-refractivity contribution in [3.05, 3.63) is 52.3 Å². The number of aromatic nitrogens is 3. The van der Waals surface area contributed by atoms with Crippen LogP contribution in [-0.2, 0) is 12.8 Å². The summed E-state index contributed by atoms with van der Waals surface area (Å²) < 4.78 is 0.658. The topological polar surface area (TPSA) is 41.6 Å². The lowest BCUT2D eigenvalue weighted by Gasteiger charge is -2.04. The first-order valence-corrected chi connectivity index (χ1v) is 6.17. The summed E-state index contributed by atoms with van der Waals surface area (Å²) in [6.07, 6.45) is 6.47. The van der Waals surface area contributed by atoms with E-state index in [4.69, 9.17) is 12.2 Å². The van der Waals surface area contributed by atoms with Crippen LogP contribution in [0.25, 0.3) is 0 Å². The molecule has 17 heavy (non-hydrogen) atoms. The molecule has 0 radical (unpaired) electrons. The molecular formula is C13H15N3S. The minimum absolute atomic E-state index is 0.658. The fraction of sp³-hybridized carbons (Fsp3) is 0.308. The number of aromatic amines is 1. The van der Waals surface area contributed by atoms with Crippen LogP contribution in [0.2, 0.25) is 0 Å². The highest BCUT2D eigenvalue weighted by molar-refractivity contribution is 7.71. The minimum atomic E-state index is 0.658. The van der Waals surface area contributed by atoms with Crippen LogP contribution in [0.15, 0.2) is 30.6 Å². The van der Waals surface area contributed by atoms with E-state index in [1.165, 1.54) is 0 Å². The van der Waals surface area contributed by atoms with Crippen molar-refractivity contribution in [3.8, 4) is 0 Å². The first kappa shape index (κ1) is 11.9. The Bertz CT molecular complexity index is 534. The van der Waals surface area contributed by atoms with Gasteiger partial charge in [0.25, 0.3) is 0 Å². The molecule has 0 aromatic carbocycles. The van der Waals surface area contributed by atoms with Crippen molar-refractivity contribution in [2.24, 2.45) is 0 Å². The van der Waals surface area contributed by atoms with Crippen LogP contribution < -0.4 is 0 Å². The number of hydrogen-bond donors (Lipinski definition) is 1. The Labute approximate surface area is 106 Å². The Morgan fingerprint density at radius 2 is 2.29 bits per heavy atom. The molecule has 3 nitrogen and oxygen atoms in total. The van der Waals surface area contributed by atoms with Crippen molar-refractivity contribution in [1.29, 1.82) is 0 Å². The normalized spacial score (nSPS) is 10.4. The second kappa shape index (κ2) is 5.68. The summed E-state index contributed by atoms with van der Waals surface area (Å²) in [5.74, 6) is 0.911. The molecule has 2 rings (SSSR count). The van der Waals surface area contributed by atoms with E-state index in [0.29, 0.717) is 4.64 Å². The maximum atomic E-state index is 5.17. The lowest BCUT2D eigenvalue weighted by molar-refractivity contribution is 0.837. The standard InChI is InChI=1S/C13H15N3S/c1-2-4-11-8-13(17)16-12(15-11)7-10-5-3-6-14-9-10/h3,5-6,8-9H,2,4,7H2,1H3,(H,15,16,17). The van der Waals surface area contributed by atoms with E-state index >= 15 is 0 Å². The van der Waals surface area contributed by atoms with E-state index in [-0.39, 0.29) is 0 Å². The number of nitrogens with zero attached hydrogens (tertiary/aromatic N) is 2. The van der Waals surface area contributed by atoms with Crippen LogP contribution in [0.3, 0.4) is 0 Å². The van der Waals surface area contributed by atoms with Crippen LogP contribution in [-0.4, -0.2) is 15.0 Å². The van der Waals surface area contributed by atoms with Gasteiger partial charge in [0.1, 0.15) is 10.5 Å². The van der Waals surface area contributed by atoms with Gasteiger partial charge in [-0.1, -0.05) is 31.6 Å². The van der Waals surface area contributed by atoms with Gasteiger partial charge < -0.3 is 4.98 Å². The molecule has 0 spiro atoms. The smallest absolute Gasteiger partial charge is 0.130 e. The summed E-state index contributed by atoms with van der Waals surface area (Å²) in [7, 11) is 0. The van der Waals surface area contributed by atoms with Gasteiger partial charge in [0, 0.05) is 24.5 Å². The van der Waals surface area contributed by atoms with E-state index in [2.05, 4.69) is 21.9 Å². The van der Waals surface area contributed by atoms with Gasteiger partial charge in [0.15, 0.2) is 0 Å². The Morgan fingerprint density at radius 3 is 3.00 bits per heavy atom. The Balaban J connectivity index is 2.24. The molecule has 2 aromatic rings. The summed E-state index contributed by atoms with van der Waals surface area (Å²) in [5, 5.41) is 0. The highest BCUT2D eigenvalue weighted by Gasteiger charge is 2.00. The molecular weight excluding hydrogens is 230 g/mol. The number of rotatable bonds is 4. The average molecular weight is 245 g/mol. The van der Waals surface area contributed by atoms with Crippen molar-refractivity contribution in [1.82, 2.24) is 15.0 Å². The predicted octanol–water partition coefficient (Wildman–Crippen LogP) is 3.08. The molecule has 4 heteroatoms. The molecule has 0 aliphatic heterocycles. The van der Waals surface area contributed by atoms with E-state index in [0.717, 1.165) is 36.3 Å². The SMILES string of the molecule is CCCc1cc(=S)nc(Cc2cccnc2)[nH]1. The van der Waals surface area contributed by atoms with Crippen molar-refractivity contribution >= 4 is 12.2 Å². The van der Waals surface area contributed by atoms with Crippen molar-refractivity contribution in [2.45, 2.75) is 26.2 Å². The van der Waals surface area contributed by atoms with Crippen LogP contribution in [0.1, 0.15) is 30.4 Å². The predicted molar refractivity (Wildman–Crippen MR) is 70.5 cm³/mol. The maximum absolute atomic E-state index is 5.17. The quantitative estimate of drug-likeness (QED) is 0.842. The van der Waals surface area contributed by atoms with Crippen LogP contribution >= 0.6 is 12.2 Å². The summed E-state index contributed by atoms with van der Waals surface area (Å²) >= 11 is 5.17. The van der Waals surface area contributed by atoms with E-state index in [1.807, 2.05) is 24.4 Å². The third kappa shape index (κ3) is 3.46. The molecule has 0 bridgehead atoms. The fourth-order valence-electron chi connectivity index (χ4n) is 1.75. The number of hydrogen-bond acceptors (Lipinski definition) is 3. The van der Waals surface area contributed by atoms with Gasteiger partial charge in [-0.05, 0) is 24.1 Å². The minimum Gasteiger partial charge on any atom is -0.347 e. The Hall–Kier alpha value is -1.55. The highest BCUT2D eigenvalue weighted by Crippen LogP contribution is 2.06. The van der Waals surface area contributed by atoms with Crippen molar-refractivity contribution < 1.29 is 0 Å². The molecule has 0 unspecified atom stereocenters. The third-order valence-corrected chi connectivity index (χ3v) is 2.67. The van der Waals surface area contributed by atoms with Crippen molar-refractivity contribution in [2.75, 3.05) is 0 Å². The van der Waals surface area contributed by atoms with E-state index in [1.54, 1.807) is 6.20 Å². The van der Waals surface area contributed by atoms with Crippen LogP contribution in [0, 0.1) is 4.64 Å². The molecule has 88 valence electrons. The van der Waals surface area contributed by atoms with Crippen LogP contribution in [0.5, 0.6) is 0 Å². The largest absolute Gasteiger partial charge is 0.347 e. The second-order valence-electron chi connectivity index (χ2n) is 3.98. The Kier molecular flexibility index (Phi) is 3.98. The molecule has 1 N–H and O–H groups in total. The number of nitrogens with one attached hydrogen (secondary N) is 1. The number of pyridine rings is 1. The molecule has 0 saturated carbocycles. The zero-order valence-corrected chi connectivity index (χ0v) is 10.6. The number of H-pyrrole nitrogens is 1. The maximum Gasteiger partial charge on any atom is 0.130 e. The monoisotopic (exact) mass is 245 g/mol. The first-order valence-electron chi connectivity index (χ1n) is 5.76. The zero-order chi connectivity index (χ0) is 12.1. The van der Waals surface area contributed by atoms with Gasteiger partial charge in [0.05, 0.1) is 0 Å². The summed E-state index contributed by atoms with van der Waals surface area (Å²) in [4.78, 5) is 11.8. The van der Waals surface area contributed by atoms with E-state index in [9.17, 15) is 0 Å². The molecule has 0 aliphatic carbocycles. The van der Waals surface area contributed by atoms with Crippen molar-refractivity contribution in [3.63, 3.8) is 0 Å². The van der Waals surface area contributed by atoms with Gasteiger partial charge in [-0.3, -0.25) is 4.98 Å². The fourth-order valence-corrected chi connectivity index (χ4v) is 2.00. The molecule has 2 heterocycles. The molecule has 0 amide bonds. The van der Waals surface area contributed by atoms with Gasteiger partial charge >= 0.3 is 0 Å². The second-order valence-corrected chi connectivity index (χ2v) is 4.40. The zero-order valence-electron chi connectivity index (χ0n) is 9.81. The summed E-state index contributed by atoms with van der Waals surface area (Å²) in [6, 6.07) is 5.91. The molecule has 0 atom stereocenters. The molecule has 0 saturated heterocycles. The molecule has 0 fully saturated rings. The third-order valence-electron chi connectivity index (χ3n) is 2.46. The molecule has 0 aliphatic rings. The van der Waals surface area contributed by atoms with Gasteiger partial charge in [0.2, 0.25) is 0 Å². The summed E-state index contributed by atoms with van der Waals surface area (Å²) in [6.45, 7) is 2.15. The highest BCUT2D eigenvalue weighted by atomic mass is 32.1. The van der Waals surface area contributed by atoms with Crippen LogP contribution in [0.4, 0.5) is 0 Å². The molecule has 2 aromatic heterocycles. The first-order chi connectivity index (χ1) is 8.28. The Morgan fingerprint density at radius 1 is 1.41 bits per heavy atom. The summed E-state index contributed by atoms with van der Waals surface area (Å²) in [5.41, 5.74) is 2.30. The van der Waals surface area contributed by atoms with Gasteiger partial charge in [-0.15, -0.1) is 0 Å².